The highest BCUT2D eigenvalue weighted by Crippen LogP contribution is 2.29. The minimum Gasteiger partial charge on any atom is -0.326 e. The lowest BCUT2D eigenvalue weighted by Crippen LogP contribution is -2.43. The van der Waals surface area contributed by atoms with Crippen LogP contribution in [0.5, 0.6) is 0 Å². The highest BCUT2D eigenvalue weighted by Gasteiger charge is 2.30. The van der Waals surface area contributed by atoms with Crippen LogP contribution in [0.15, 0.2) is 48.5 Å². The van der Waals surface area contributed by atoms with Gasteiger partial charge < -0.3 is 10.2 Å². The van der Waals surface area contributed by atoms with Gasteiger partial charge in [0, 0.05) is 38.4 Å². The van der Waals surface area contributed by atoms with Crippen molar-refractivity contribution < 1.29 is 18.0 Å². The molecule has 0 saturated carbocycles. The number of carbonyl (C=O) groups is 1. The summed E-state index contributed by atoms with van der Waals surface area (Å²) in [5, 5.41) is 2.79. The molecule has 0 unspecified atom stereocenters. The van der Waals surface area contributed by atoms with Crippen LogP contribution >= 0.6 is 0 Å². The van der Waals surface area contributed by atoms with E-state index in [-0.39, 0.29) is 12.3 Å². The van der Waals surface area contributed by atoms with Gasteiger partial charge in [-0.2, -0.15) is 13.2 Å². The number of likely N-dealkylation sites (N-methyl/N-ethyl adjacent to an activating group) is 1. The first kappa shape index (κ1) is 20.4. The van der Waals surface area contributed by atoms with E-state index in [9.17, 15) is 18.0 Å². The van der Waals surface area contributed by atoms with Crippen molar-refractivity contribution in [1.82, 2.24) is 9.80 Å². The van der Waals surface area contributed by atoms with Crippen LogP contribution in [0, 0.1) is 0 Å². The normalized spacial score (nSPS) is 16.1. The number of halogens is 3. The van der Waals surface area contributed by atoms with Gasteiger partial charge in [0.25, 0.3) is 0 Å². The number of amides is 1. The molecule has 0 radical (unpaired) electrons. The Morgan fingerprint density at radius 2 is 1.68 bits per heavy atom. The number of benzene rings is 2. The lowest BCUT2D eigenvalue weighted by atomic mass is 10.1. The molecule has 0 bridgehead atoms. The second-order valence-corrected chi connectivity index (χ2v) is 7.20. The zero-order chi connectivity index (χ0) is 20.1. The van der Waals surface area contributed by atoms with E-state index in [4.69, 9.17) is 0 Å². The number of rotatable bonds is 5. The van der Waals surface area contributed by atoms with Crippen molar-refractivity contribution in [2.75, 3.05) is 38.5 Å². The molecule has 0 aliphatic carbocycles. The summed E-state index contributed by atoms with van der Waals surface area (Å²) >= 11 is 0. The fourth-order valence-corrected chi connectivity index (χ4v) is 3.26. The van der Waals surface area contributed by atoms with Crippen molar-refractivity contribution in [3.63, 3.8) is 0 Å². The number of carbonyl (C=O) groups excluding carboxylic acids is 1. The summed E-state index contributed by atoms with van der Waals surface area (Å²) in [5.74, 6) is -0.337. The summed E-state index contributed by atoms with van der Waals surface area (Å²) < 4.78 is 38.4. The third-order valence-corrected chi connectivity index (χ3v) is 4.83. The highest BCUT2D eigenvalue weighted by molar-refractivity contribution is 5.92. The maximum Gasteiger partial charge on any atom is 0.416 e. The lowest BCUT2D eigenvalue weighted by molar-refractivity contribution is -0.137. The van der Waals surface area contributed by atoms with E-state index in [1.54, 1.807) is 6.07 Å². The predicted octanol–water partition coefficient (Wildman–Crippen LogP) is 3.63. The van der Waals surface area contributed by atoms with E-state index >= 15 is 0 Å². The molecule has 4 nitrogen and oxygen atoms in total. The van der Waals surface area contributed by atoms with Crippen molar-refractivity contribution >= 4 is 11.6 Å². The third kappa shape index (κ3) is 5.81. The van der Waals surface area contributed by atoms with Gasteiger partial charge >= 0.3 is 6.18 Å². The van der Waals surface area contributed by atoms with Gasteiger partial charge in [-0.3, -0.25) is 9.69 Å². The highest BCUT2D eigenvalue weighted by atomic mass is 19.4. The Kier molecular flexibility index (Phi) is 6.36. The van der Waals surface area contributed by atoms with Gasteiger partial charge in [-0.1, -0.05) is 30.3 Å². The van der Waals surface area contributed by atoms with Gasteiger partial charge in [0.05, 0.1) is 12.0 Å². The third-order valence-electron chi connectivity index (χ3n) is 4.83. The molecular formula is C21H24F3N3O. The number of anilines is 1. The summed E-state index contributed by atoms with van der Waals surface area (Å²) in [5.41, 5.74) is 1.35. The molecule has 3 rings (SSSR count). The molecule has 150 valence electrons. The number of hydrogen-bond donors (Lipinski definition) is 1. The molecule has 2 aromatic carbocycles. The van der Waals surface area contributed by atoms with Crippen molar-refractivity contribution in [3.05, 3.63) is 65.2 Å². The lowest BCUT2D eigenvalue weighted by Gasteiger charge is -2.32. The van der Waals surface area contributed by atoms with Gasteiger partial charge in [-0.15, -0.1) is 0 Å². The SMILES string of the molecule is CN1CCN(Cc2cccc(NC(=O)Cc3cccc(C(F)(F)F)c3)c2)CC1. The Labute approximate surface area is 162 Å². The average Bonchev–Trinajstić information content (AvgIpc) is 2.63. The van der Waals surface area contributed by atoms with Gasteiger partial charge in [0.1, 0.15) is 0 Å². The molecule has 1 saturated heterocycles. The van der Waals surface area contributed by atoms with Crippen molar-refractivity contribution in [2.45, 2.75) is 19.1 Å². The van der Waals surface area contributed by atoms with E-state index < -0.39 is 11.7 Å². The van der Waals surface area contributed by atoms with E-state index in [0.29, 0.717) is 11.3 Å². The zero-order valence-corrected chi connectivity index (χ0v) is 15.8. The molecule has 7 heteroatoms. The summed E-state index contributed by atoms with van der Waals surface area (Å²) in [6.07, 6.45) is -4.52. The number of piperazine rings is 1. The van der Waals surface area contributed by atoms with Crippen LogP contribution in [0.2, 0.25) is 0 Å². The monoisotopic (exact) mass is 391 g/mol. The maximum absolute atomic E-state index is 12.8. The Hall–Kier alpha value is -2.38. The van der Waals surface area contributed by atoms with Gasteiger partial charge in [0.15, 0.2) is 0 Å². The topological polar surface area (TPSA) is 35.6 Å². The average molecular weight is 391 g/mol. The van der Waals surface area contributed by atoms with Crippen LogP contribution in [0.3, 0.4) is 0 Å². The number of nitrogens with one attached hydrogen (secondary N) is 1. The van der Waals surface area contributed by atoms with Crippen molar-refractivity contribution in [3.8, 4) is 0 Å². The molecule has 0 atom stereocenters. The summed E-state index contributed by atoms with van der Waals surface area (Å²) in [6, 6.07) is 12.5. The largest absolute Gasteiger partial charge is 0.416 e. The standard InChI is InChI=1S/C21H24F3N3O/c1-26-8-10-27(11-9-26)15-17-5-3-7-19(13-17)25-20(28)14-16-4-2-6-18(12-16)21(22,23)24/h2-7,12-13H,8-11,14-15H2,1H3,(H,25,28). The summed E-state index contributed by atoms with van der Waals surface area (Å²) in [6.45, 7) is 4.89. The Bertz CT molecular complexity index is 815. The Morgan fingerprint density at radius 1 is 1.00 bits per heavy atom. The van der Waals surface area contributed by atoms with E-state index in [1.807, 2.05) is 18.2 Å². The molecule has 1 aliphatic heterocycles. The molecule has 1 amide bonds. The quantitative estimate of drug-likeness (QED) is 0.846. The molecule has 0 spiro atoms. The smallest absolute Gasteiger partial charge is 0.326 e. The molecule has 2 aromatic rings. The fourth-order valence-electron chi connectivity index (χ4n) is 3.26. The minimum atomic E-state index is -4.41. The summed E-state index contributed by atoms with van der Waals surface area (Å²) in [4.78, 5) is 16.9. The first-order valence-corrected chi connectivity index (χ1v) is 9.25. The molecule has 28 heavy (non-hydrogen) atoms. The van der Waals surface area contributed by atoms with Gasteiger partial charge in [-0.25, -0.2) is 0 Å². The van der Waals surface area contributed by atoms with E-state index in [1.165, 1.54) is 12.1 Å². The second kappa shape index (κ2) is 8.75. The molecule has 0 aromatic heterocycles. The van der Waals surface area contributed by atoms with E-state index in [2.05, 4.69) is 22.2 Å². The van der Waals surface area contributed by atoms with Crippen LogP contribution in [-0.4, -0.2) is 48.9 Å². The van der Waals surface area contributed by atoms with Crippen LogP contribution in [0.1, 0.15) is 16.7 Å². The first-order chi connectivity index (χ1) is 13.3. The Balaban J connectivity index is 1.58. The molecule has 1 heterocycles. The molecule has 1 aliphatic rings. The molecule has 1 fully saturated rings. The minimum absolute atomic E-state index is 0.105. The van der Waals surface area contributed by atoms with Crippen LogP contribution < -0.4 is 5.32 Å². The summed E-state index contributed by atoms with van der Waals surface area (Å²) in [7, 11) is 2.11. The second-order valence-electron chi connectivity index (χ2n) is 7.20. The number of alkyl halides is 3. The van der Waals surface area contributed by atoms with Crippen molar-refractivity contribution in [2.24, 2.45) is 0 Å². The van der Waals surface area contributed by atoms with Crippen LogP contribution in [-0.2, 0) is 23.9 Å². The zero-order valence-electron chi connectivity index (χ0n) is 15.8. The maximum atomic E-state index is 12.8. The van der Waals surface area contributed by atoms with Gasteiger partial charge in [0.2, 0.25) is 5.91 Å². The number of nitrogens with zero attached hydrogens (tertiary/aromatic N) is 2. The van der Waals surface area contributed by atoms with Gasteiger partial charge in [-0.05, 0) is 36.4 Å². The Morgan fingerprint density at radius 3 is 2.39 bits per heavy atom. The van der Waals surface area contributed by atoms with Crippen LogP contribution in [0.25, 0.3) is 0 Å². The number of hydrogen-bond acceptors (Lipinski definition) is 3. The molecular weight excluding hydrogens is 367 g/mol. The fraction of sp³-hybridized carbons (Fsp3) is 0.381. The molecule has 1 N–H and O–H groups in total. The van der Waals surface area contributed by atoms with Crippen molar-refractivity contribution in [1.29, 1.82) is 0 Å². The first-order valence-electron chi connectivity index (χ1n) is 9.25. The predicted molar refractivity (Wildman–Crippen MR) is 103 cm³/mol. The van der Waals surface area contributed by atoms with Crippen LogP contribution in [0.4, 0.5) is 18.9 Å². The van der Waals surface area contributed by atoms with E-state index in [0.717, 1.165) is 50.4 Å².